The molecule has 0 fully saturated rings. The summed E-state index contributed by atoms with van der Waals surface area (Å²) >= 11 is 0. The van der Waals surface area contributed by atoms with Crippen molar-refractivity contribution in [2.45, 2.75) is 32.0 Å². The highest BCUT2D eigenvalue weighted by Gasteiger charge is 2.29. The smallest absolute Gasteiger partial charge is 0.305 e. The number of rotatable bonds is 10. The van der Waals surface area contributed by atoms with Crippen LogP contribution in [0.4, 0.5) is 0 Å². The molecule has 0 saturated heterocycles. The monoisotopic (exact) mass is 419 g/mol. The van der Waals surface area contributed by atoms with Crippen molar-refractivity contribution in [3.05, 3.63) is 95.6 Å². The molecule has 3 aromatic carbocycles. The Morgan fingerprint density at radius 2 is 1.48 bits per heavy atom. The first-order chi connectivity index (χ1) is 15.0. The summed E-state index contributed by atoms with van der Waals surface area (Å²) in [5, 5.41) is 9.76. The third-order valence-corrected chi connectivity index (χ3v) is 5.55. The average Bonchev–Trinajstić information content (AvgIpc) is 2.81. The van der Waals surface area contributed by atoms with Gasteiger partial charge in [-0.1, -0.05) is 66.7 Å². The lowest BCUT2D eigenvalue weighted by molar-refractivity contribution is -0.138. The first-order valence-electron chi connectivity index (χ1n) is 10.3. The molecule has 1 unspecified atom stereocenters. The number of aliphatic carboxylic acids is 1. The van der Waals surface area contributed by atoms with E-state index in [1.807, 2.05) is 54.6 Å². The third kappa shape index (κ3) is 5.64. The predicted octanol–water partition coefficient (Wildman–Crippen LogP) is 5.48. The number of methoxy groups -OCH3 is 2. The van der Waals surface area contributed by atoms with Gasteiger partial charge in [0.1, 0.15) is 0 Å². The van der Waals surface area contributed by atoms with E-state index >= 15 is 0 Å². The molecule has 0 aliphatic heterocycles. The number of carboxylic acids is 1. The summed E-state index contributed by atoms with van der Waals surface area (Å²) in [6, 6.07) is 25.6. The van der Waals surface area contributed by atoms with E-state index in [-0.39, 0.29) is 18.5 Å². The molecule has 162 valence electrons. The Balaban J connectivity index is 2.07. The van der Waals surface area contributed by atoms with Crippen LogP contribution in [0.1, 0.15) is 42.1 Å². The van der Waals surface area contributed by atoms with Crippen LogP contribution in [0, 0.1) is 0 Å². The summed E-state index contributed by atoms with van der Waals surface area (Å²) in [5.41, 5.74) is 3.13. The molecule has 5 heteroatoms. The molecule has 0 aliphatic carbocycles. The highest BCUT2D eigenvalue weighted by Crippen LogP contribution is 2.38. The molecule has 0 aromatic heterocycles. The van der Waals surface area contributed by atoms with Gasteiger partial charge in [0.15, 0.2) is 11.5 Å². The molecule has 0 radical (unpaired) electrons. The van der Waals surface area contributed by atoms with E-state index in [2.05, 4.69) is 36.1 Å². The molecule has 0 heterocycles. The fourth-order valence-corrected chi connectivity index (χ4v) is 3.89. The van der Waals surface area contributed by atoms with Crippen LogP contribution in [0.5, 0.6) is 11.5 Å². The number of ether oxygens (including phenoxy) is 2. The molecular weight excluding hydrogens is 390 g/mol. The van der Waals surface area contributed by atoms with Crippen LogP contribution in [0.15, 0.2) is 78.9 Å². The zero-order valence-corrected chi connectivity index (χ0v) is 18.2. The maximum Gasteiger partial charge on any atom is 0.305 e. The van der Waals surface area contributed by atoms with Crippen LogP contribution < -0.4 is 9.47 Å². The topological polar surface area (TPSA) is 59.0 Å². The zero-order valence-electron chi connectivity index (χ0n) is 18.2. The Hall–Kier alpha value is -3.31. The predicted molar refractivity (Wildman–Crippen MR) is 121 cm³/mol. The lowest BCUT2D eigenvalue weighted by atomic mass is 9.96. The summed E-state index contributed by atoms with van der Waals surface area (Å²) in [7, 11) is 3.17. The van der Waals surface area contributed by atoms with Crippen molar-refractivity contribution in [2.75, 3.05) is 14.2 Å². The number of carboxylic acid groups (broad SMARTS) is 1. The number of hydrogen-bond donors (Lipinski definition) is 1. The van der Waals surface area contributed by atoms with E-state index in [4.69, 9.17) is 9.47 Å². The van der Waals surface area contributed by atoms with Gasteiger partial charge in [-0.05, 0) is 35.7 Å². The Morgan fingerprint density at radius 3 is 2.06 bits per heavy atom. The van der Waals surface area contributed by atoms with E-state index in [9.17, 15) is 9.90 Å². The summed E-state index contributed by atoms with van der Waals surface area (Å²) in [4.78, 5) is 14.1. The van der Waals surface area contributed by atoms with Crippen LogP contribution in [-0.2, 0) is 11.3 Å². The molecule has 0 amide bonds. The summed E-state index contributed by atoms with van der Waals surface area (Å²) < 4.78 is 10.9. The highest BCUT2D eigenvalue weighted by molar-refractivity contribution is 5.68. The molecule has 0 spiro atoms. The van der Waals surface area contributed by atoms with Gasteiger partial charge in [-0.15, -0.1) is 0 Å². The molecule has 0 saturated carbocycles. The van der Waals surface area contributed by atoms with E-state index in [0.717, 1.165) is 16.7 Å². The minimum Gasteiger partial charge on any atom is -0.493 e. The van der Waals surface area contributed by atoms with E-state index in [0.29, 0.717) is 18.0 Å². The highest BCUT2D eigenvalue weighted by atomic mass is 16.5. The van der Waals surface area contributed by atoms with Crippen molar-refractivity contribution in [1.29, 1.82) is 0 Å². The molecule has 1 N–H and O–H groups in total. The summed E-state index contributed by atoms with van der Waals surface area (Å²) in [6.07, 6.45) is -0.0283. The Bertz CT molecular complexity index is 975. The van der Waals surface area contributed by atoms with Crippen LogP contribution in [0.3, 0.4) is 0 Å². The molecule has 31 heavy (non-hydrogen) atoms. The number of benzene rings is 3. The lowest BCUT2D eigenvalue weighted by Gasteiger charge is -2.37. The second kappa shape index (κ2) is 10.6. The molecule has 0 bridgehead atoms. The van der Waals surface area contributed by atoms with Gasteiger partial charge >= 0.3 is 5.97 Å². The molecule has 3 rings (SSSR count). The first kappa shape index (κ1) is 22.4. The van der Waals surface area contributed by atoms with Gasteiger partial charge in [0, 0.05) is 18.6 Å². The third-order valence-electron chi connectivity index (χ3n) is 5.55. The second-order valence-corrected chi connectivity index (χ2v) is 7.47. The normalized spacial score (nSPS) is 12.9. The molecule has 2 atom stereocenters. The zero-order chi connectivity index (χ0) is 22.2. The number of carbonyl (C=O) groups is 1. The van der Waals surface area contributed by atoms with Crippen LogP contribution in [-0.4, -0.2) is 30.2 Å². The molecule has 3 aromatic rings. The fourth-order valence-electron chi connectivity index (χ4n) is 3.89. The summed E-state index contributed by atoms with van der Waals surface area (Å²) in [5.74, 6) is 0.353. The Labute approximate surface area is 183 Å². The van der Waals surface area contributed by atoms with Crippen molar-refractivity contribution in [1.82, 2.24) is 4.90 Å². The first-order valence-corrected chi connectivity index (χ1v) is 10.3. The van der Waals surface area contributed by atoms with Crippen molar-refractivity contribution in [3.63, 3.8) is 0 Å². The molecule has 0 aliphatic rings. The van der Waals surface area contributed by atoms with Gasteiger partial charge in [0.05, 0.1) is 20.6 Å². The van der Waals surface area contributed by atoms with Crippen LogP contribution >= 0.6 is 0 Å². The number of nitrogens with zero attached hydrogens (tertiary/aromatic N) is 1. The quantitative estimate of drug-likeness (QED) is 0.471. The SMILES string of the molecule is COc1ccc(C(CC(=O)O)N(Cc2ccccc2)[C@H](C)c2ccccc2)cc1OC. The lowest BCUT2D eigenvalue weighted by Crippen LogP contribution is -2.32. The van der Waals surface area contributed by atoms with Crippen molar-refractivity contribution in [2.24, 2.45) is 0 Å². The van der Waals surface area contributed by atoms with Crippen LogP contribution in [0.2, 0.25) is 0 Å². The van der Waals surface area contributed by atoms with Gasteiger partial charge in [-0.2, -0.15) is 0 Å². The summed E-state index contributed by atoms with van der Waals surface area (Å²) in [6.45, 7) is 2.73. The minimum absolute atomic E-state index is 0.00106. The largest absolute Gasteiger partial charge is 0.493 e. The van der Waals surface area contributed by atoms with Gasteiger partial charge in [-0.25, -0.2) is 0 Å². The average molecular weight is 420 g/mol. The van der Waals surface area contributed by atoms with Gasteiger partial charge in [-0.3, -0.25) is 9.69 Å². The van der Waals surface area contributed by atoms with Gasteiger partial charge in [0.2, 0.25) is 0 Å². The van der Waals surface area contributed by atoms with E-state index in [1.165, 1.54) is 0 Å². The molecular formula is C26H29NO4. The minimum atomic E-state index is -0.849. The number of hydrogen-bond acceptors (Lipinski definition) is 4. The van der Waals surface area contributed by atoms with E-state index < -0.39 is 5.97 Å². The van der Waals surface area contributed by atoms with Crippen molar-refractivity contribution >= 4 is 5.97 Å². The Morgan fingerprint density at radius 1 is 0.871 bits per heavy atom. The van der Waals surface area contributed by atoms with Gasteiger partial charge in [0.25, 0.3) is 0 Å². The maximum absolute atomic E-state index is 11.9. The molecule has 5 nitrogen and oxygen atoms in total. The standard InChI is InChI=1S/C26H29NO4/c1-19(21-12-8-5-9-13-21)27(18-20-10-6-4-7-11-20)23(17-26(28)29)22-14-15-24(30-2)25(16-22)31-3/h4-16,19,23H,17-18H2,1-3H3,(H,28,29)/t19-,23?/m1/s1. The maximum atomic E-state index is 11.9. The van der Waals surface area contributed by atoms with Crippen molar-refractivity contribution in [3.8, 4) is 11.5 Å². The Kier molecular flexibility index (Phi) is 7.68. The fraction of sp³-hybridized carbons (Fsp3) is 0.269. The van der Waals surface area contributed by atoms with Crippen molar-refractivity contribution < 1.29 is 19.4 Å². The van der Waals surface area contributed by atoms with E-state index in [1.54, 1.807) is 14.2 Å². The second-order valence-electron chi connectivity index (χ2n) is 7.47. The van der Waals surface area contributed by atoms with Gasteiger partial charge < -0.3 is 14.6 Å². The van der Waals surface area contributed by atoms with Crippen LogP contribution in [0.25, 0.3) is 0 Å².